The van der Waals surface area contributed by atoms with Crippen molar-refractivity contribution in [2.45, 2.75) is 166 Å². The predicted octanol–water partition coefficient (Wildman–Crippen LogP) is 10.6. The van der Waals surface area contributed by atoms with Gasteiger partial charge in [-0.15, -0.1) is 0 Å². The molecule has 3 aliphatic heterocycles. The molecule has 0 bridgehead atoms. The Morgan fingerprint density at radius 3 is 2.07 bits per heavy atom. The number of aromatic amines is 2. The molecule has 6 fully saturated rings. The number of Topliss-reactive ketones (excluding diaryl/α,β-unsaturated/α-hetero) is 1. The van der Waals surface area contributed by atoms with Crippen LogP contribution in [-0.2, 0) is 19.1 Å². The van der Waals surface area contributed by atoms with Crippen LogP contribution in [-0.4, -0.2) is 100 Å². The lowest BCUT2D eigenvalue weighted by molar-refractivity contribution is -0.138. The quantitative estimate of drug-likeness (QED) is 0.0837. The summed E-state index contributed by atoms with van der Waals surface area (Å²) in [7, 11) is 2.62. The molecular formula is C65H81F2N9O6. The minimum atomic E-state index is -0.755. The number of rotatable bonds is 14. The minimum Gasteiger partial charge on any atom is -0.453 e. The predicted molar refractivity (Wildman–Crippen MR) is 311 cm³/mol. The molecule has 17 heteroatoms. The van der Waals surface area contributed by atoms with Gasteiger partial charge in [0.15, 0.2) is 17.4 Å². The highest BCUT2D eigenvalue weighted by Crippen LogP contribution is 2.52. The van der Waals surface area contributed by atoms with Crippen LogP contribution >= 0.6 is 0 Å². The van der Waals surface area contributed by atoms with E-state index < -0.39 is 35.9 Å². The van der Waals surface area contributed by atoms with Gasteiger partial charge in [0, 0.05) is 48.6 Å². The molecule has 82 heavy (non-hydrogen) atoms. The molecular weight excluding hydrogens is 1040 g/mol. The van der Waals surface area contributed by atoms with Gasteiger partial charge >= 0.3 is 12.2 Å². The lowest BCUT2D eigenvalue weighted by atomic mass is 9.66. The smallest absolute Gasteiger partial charge is 0.407 e. The molecule has 0 radical (unpaired) electrons. The van der Waals surface area contributed by atoms with Gasteiger partial charge in [-0.1, -0.05) is 102 Å². The molecule has 3 amide bonds. The number of imidazole rings is 2. The molecule has 2 aromatic heterocycles. The standard InChI is InChI=1S/C65H81F2N9O6/c1-35(2)57(72-64(79)81-5)60(77)45-28-39-14-10-15-40(39)29-46(45)61-68-49-20-18-42(30-51(49)70-61)54-22-23-55(75(54)44-33-47(66)59(48(67)34-44)74-26-24-38(25-27-74)37-12-8-7-9-13-37)43-19-21-50-52(31-43)71-62(69-50)56-32-41-16-11-17-53(41)76(56)63(78)58(36(3)4)73-65(80)82-6/h7-9,12-13,18,20-21,30-31,33-36,38-41,43,45-46,53-58H,10-11,14-17,19,22-29,32H2,1-6H3,(H,68,70)(H,69,71)(H,72,79)(H,73,80)/t39-,40+,41+,43?,45?,46-,53+,54-,55-,56+,57+,58+/m1/s1. The zero-order valence-corrected chi connectivity index (χ0v) is 48.3. The van der Waals surface area contributed by atoms with Gasteiger partial charge in [-0.05, 0) is 135 Å². The van der Waals surface area contributed by atoms with Gasteiger partial charge in [-0.3, -0.25) is 9.59 Å². The van der Waals surface area contributed by atoms with Crippen LogP contribution in [0.2, 0.25) is 0 Å². The zero-order valence-electron chi connectivity index (χ0n) is 48.3. The molecule has 436 valence electrons. The fourth-order valence-corrected chi connectivity index (χ4v) is 16.2. The number of nitrogens with one attached hydrogen (secondary N) is 4. The third kappa shape index (κ3) is 10.6. The molecule has 4 N–H and O–H groups in total. The first-order valence-electron chi connectivity index (χ1n) is 30.6. The molecule has 2 unspecified atom stereocenters. The molecule has 12 atom stereocenters. The van der Waals surface area contributed by atoms with Gasteiger partial charge in [0.2, 0.25) is 5.91 Å². The van der Waals surface area contributed by atoms with Gasteiger partial charge < -0.3 is 44.8 Å². The number of aromatic nitrogens is 4. The largest absolute Gasteiger partial charge is 0.453 e. The first kappa shape index (κ1) is 55.7. The van der Waals surface area contributed by atoms with Crippen LogP contribution in [0.25, 0.3) is 23.2 Å². The molecule has 0 spiro atoms. The highest BCUT2D eigenvalue weighted by atomic mass is 19.1. The topological polar surface area (TPSA) is 178 Å². The zero-order chi connectivity index (χ0) is 57.1. The van der Waals surface area contributed by atoms with Gasteiger partial charge in [-0.2, -0.15) is 0 Å². The number of ketones is 1. The van der Waals surface area contributed by atoms with E-state index in [1.165, 1.54) is 19.8 Å². The molecule has 5 heterocycles. The van der Waals surface area contributed by atoms with Crippen LogP contribution in [0, 0.1) is 53.1 Å². The summed E-state index contributed by atoms with van der Waals surface area (Å²) >= 11 is 0. The van der Waals surface area contributed by atoms with Crippen LogP contribution in [0.5, 0.6) is 0 Å². The van der Waals surface area contributed by atoms with Gasteiger partial charge in [0.05, 0.1) is 54.1 Å². The lowest BCUT2D eigenvalue weighted by Crippen LogP contribution is -2.53. The fourth-order valence-electron chi connectivity index (χ4n) is 16.2. The Kier molecular flexibility index (Phi) is 15.7. The number of H-pyrrole nitrogens is 2. The molecule has 3 saturated heterocycles. The van der Waals surface area contributed by atoms with Crippen LogP contribution in [0.1, 0.15) is 164 Å². The number of carbonyl (C=O) groups is 4. The fraction of sp³-hybridized carbons (Fsp3) is 0.569. The number of piperidine rings is 1. The Bertz CT molecular complexity index is 3300. The monoisotopic (exact) mass is 1120 g/mol. The Morgan fingerprint density at radius 1 is 0.683 bits per heavy atom. The van der Waals surface area contributed by atoms with E-state index in [9.17, 15) is 19.2 Å². The minimum absolute atomic E-state index is 0.0182. The molecule has 12 rings (SSSR count). The van der Waals surface area contributed by atoms with Gasteiger partial charge in [0.25, 0.3) is 0 Å². The number of alkyl carbamates (subject to hydrolysis) is 2. The van der Waals surface area contributed by atoms with Crippen molar-refractivity contribution in [2.24, 2.45) is 41.4 Å². The molecule has 4 aliphatic carbocycles. The summed E-state index contributed by atoms with van der Waals surface area (Å²) in [6.07, 6.45) is 15.6. The number of benzene rings is 3. The normalized spacial score (nSPS) is 27.9. The van der Waals surface area contributed by atoms with Gasteiger partial charge in [0.1, 0.15) is 23.4 Å². The number of amides is 3. The van der Waals surface area contributed by atoms with E-state index in [0.29, 0.717) is 48.9 Å². The van der Waals surface area contributed by atoms with Gasteiger partial charge in [-0.25, -0.2) is 28.3 Å². The molecule has 3 saturated carbocycles. The summed E-state index contributed by atoms with van der Waals surface area (Å²) in [5.41, 5.74) is 4.39. The third-order valence-electron chi connectivity index (χ3n) is 20.3. The summed E-state index contributed by atoms with van der Waals surface area (Å²) in [6.45, 7) is 8.86. The highest BCUT2D eigenvalue weighted by Gasteiger charge is 2.50. The highest BCUT2D eigenvalue weighted by molar-refractivity contribution is 5.90. The summed E-state index contributed by atoms with van der Waals surface area (Å²) in [5.74, 6) is 1.02. The van der Waals surface area contributed by atoms with Crippen LogP contribution in [0.4, 0.5) is 29.7 Å². The number of anilines is 2. The summed E-state index contributed by atoms with van der Waals surface area (Å²) in [5, 5.41) is 7.36. The van der Waals surface area contributed by atoms with Crippen LogP contribution in [0.3, 0.4) is 0 Å². The number of methoxy groups -OCH3 is 2. The van der Waals surface area contributed by atoms with Crippen LogP contribution < -0.4 is 31.1 Å². The van der Waals surface area contributed by atoms with Crippen molar-refractivity contribution in [3.05, 3.63) is 106 Å². The number of halogens is 2. The maximum atomic E-state index is 17.0. The Morgan fingerprint density at radius 2 is 1.37 bits per heavy atom. The van der Waals surface area contributed by atoms with E-state index in [1.54, 1.807) is 12.1 Å². The maximum absolute atomic E-state index is 17.0. The molecule has 3 aromatic carbocycles. The maximum Gasteiger partial charge on any atom is 0.407 e. The average molecular weight is 1120 g/mol. The van der Waals surface area contributed by atoms with E-state index in [-0.39, 0.29) is 71.1 Å². The van der Waals surface area contributed by atoms with Crippen LogP contribution in [0.15, 0.2) is 60.7 Å². The summed E-state index contributed by atoms with van der Waals surface area (Å²) < 4.78 is 44.0. The second-order valence-corrected chi connectivity index (χ2v) is 25.6. The second kappa shape index (κ2) is 23.1. The van der Waals surface area contributed by atoms with E-state index in [0.717, 1.165) is 122 Å². The van der Waals surface area contributed by atoms with E-state index in [1.807, 2.05) is 61.8 Å². The number of likely N-dealkylation sites (tertiary alicyclic amines) is 1. The van der Waals surface area contributed by atoms with Crippen molar-refractivity contribution in [1.82, 2.24) is 35.5 Å². The number of nitrogens with zero attached hydrogens (tertiary/aromatic N) is 5. The Hall–Kier alpha value is -6.78. The van der Waals surface area contributed by atoms with Crippen molar-refractivity contribution < 1.29 is 37.4 Å². The molecule has 5 aromatic rings. The summed E-state index contributed by atoms with van der Waals surface area (Å²) in [6, 6.07) is 17.7. The van der Waals surface area contributed by atoms with E-state index in [2.05, 4.69) is 61.9 Å². The number of hydrogen-bond donors (Lipinski definition) is 4. The Balaban J connectivity index is 0.871. The third-order valence-corrected chi connectivity index (χ3v) is 20.3. The summed E-state index contributed by atoms with van der Waals surface area (Å²) in [4.78, 5) is 78.2. The second-order valence-electron chi connectivity index (χ2n) is 25.6. The first-order valence-corrected chi connectivity index (χ1v) is 30.6. The van der Waals surface area contributed by atoms with Crippen molar-refractivity contribution in [2.75, 3.05) is 37.1 Å². The van der Waals surface area contributed by atoms with E-state index in [4.69, 9.17) is 19.4 Å². The number of carbonyl (C=O) groups excluding carboxylic acids is 4. The molecule has 7 aliphatic rings. The lowest BCUT2D eigenvalue weighted by Gasteiger charge is -2.39. The van der Waals surface area contributed by atoms with Crippen molar-refractivity contribution in [1.29, 1.82) is 0 Å². The van der Waals surface area contributed by atoms with E-state index >= 15 is 8.78 Å². The molecule has 15 nitrogen and oxygen atoms in total. The number of ether oxygens (including phenoxy) is 2. The van der Waals surface area contributed by atoms with Crippen molar-refractivity contribution >= 4 is 58.4 Å². The first-order chi connectivity index (χ1) is 39.7. The number of hydrogen-bond acceptors (Lipinski definition) is 10. The average Bonchev–Trinajstić information content (AvgIpc) is 4.41. The SMILES string of the molecule is COC(=O)N[C@H](C(=O)C1C[C@H]2CCC[C@H]2C[C@H]1c1nc2ccc([C@H]3CC[C@H](C4C=c5[nH]c([C@@H]6C[C@@H]7CCC[C@@H]7N6C(=O)[C@@H](NC(=O)OC)C(C)C)nc5=CC4)N3c3cc(F)c(N4CCC(c5ccccc5)CC4)c(F)c3)cc2[nH]1)C(C)C. The number of fused-ring (bicyclic) bond motifs is 4. The van der Waals surface area contributed by atoms with Crippen molar-refractivity contribution in [3.8, 4) is 0 Å². The van der Waals surface area contributed by atoms with Crippen molar-refractivity contribution in [3.63, 3.8) is 0 Å². The Labute approximate surface area is 479 Å².